The Bertz CT molecular complexity index is 664. The minimum atomic E-state index is -0.291. The summed E-state index contributed by atoms with van der Waals surface area (Å²) in [7, 11) is 0. The molecule has 0 spiro atoms. The lowest BCUT2D eigenvalue weighted by molar-refractivity contribution is -0.122. The van der Waals surface area contributed by atoms with E-state index >= 15 is 0 Å². The standard InChI is InChI=1S/C16H17N3O3S/c20-15(13-9-23-10-18-13)17-8-11-3-5-12(6-4-11)19-16(21)14-2-1-7-22-14/h1-7,13,18H,8-10H2,(H,17,20)(H,19,21). The SMILES string of the molecule is O=C(Nc1ccc(CNC(=O)C2CSCN2)cc1)c1ccco1. The van der Waals surface area contributed by atoms with Crippen molar-refractivity contribution in [1.29, 1.82) is 0 Å². The highest BCUT2D eigenvalue weighted by Gasteiger charge is 2.21. The molecule has 0 bridgehead atoms. The van der Waals surface area contributed by atoms with Crippen molar-refractivity contribution in [2.75, 3.05) is 16.9 Å². The fourth-order valence-corrected chi connectivity index (χ4v) is 3.12. The van der Waals surface area contributed by atoms with Crippen LogP contribution in [0.1, 0.15) is 16.1 Å². The summed E-state index contributed by atoms with van der Waals surface area (Å²) in [5.41, 5.74) is 1.65. The highest BCUT2D eigenvalue weighted by atomic mass is 32.2. The van der Waals surface area contributed by atoms with Crippen molar-refractivity contribution < 1.29 is 14.0 Å². The monoisotopic (exact) mass is 331 g/mol. The van der Waals surface area contributed by atoms with Gasteiger partial charge >= 0.3 is 0 Å². The molecule has 2 heterocycles. The van der Waals surface area contributed by atoms with Gasteiger partial charge in [0.25, 0.3) is 5.91 Å². The Kier molecular flexibility index (Phi) is 4.99. The summed E-state index contributed by atoms with van der Waals surface area (Å²) in [4.78, 5) is 23.8. The number of amides is 2. The number of thioether (sulfide) groups is 1. The maximum Gasteiger partial charge on any atom is 0.291 e. The van der Waals surface area contributed by atoms with Crippen LogP contribution in [0.5, 0.6) is 0 Å². The lowest BCUT2D eigenvalue weighted by Gasteiger charge is -2.11. The molecule has 0 radical (unpaired) electrons. The van der Waals surface area contributed by atoms with Crippen molar-refractivity contribution in [1.82, 2.24) is 10.6 Å². The second kappa shape index (κ2) is 7.34. The predicted molar refractivity (Wildman–Crippen MR) is 89.2 cm³/mol. The van der Waals surface area contributed by atoms with E-state index in [-0.39, 0.29) is 23.6 Å². The molecule has 120 valence electrons. The van der Waals surface area contributed by atoms with Gasteiger partial charge in [-0.1, -0.05) is 12.1 Å². The van der Waals surface area contributed by atoms with Crippen molar-refractivity contribution in [2.45, 2.75) is 12.6 Å². The Hall–Kier alpha value is -2.25. The highest BCUT2D eigenvalue weighted by molar-refractivity contribution is 7.99. The lowest BCUT2D eigenvalue weighted by Crippen LogP contribution is -2.41. The minimum absolute atomic E-state index is 0.0187. The van der Waals surface area contributed by atoms with Crippen LogP contribution in [-0.4, -0.2) is 29.5 Å². The zero-order valence-corrected chi connectivity index (χ0v) is 13.2. The Balaban J connectivity index is 1.50. The zero-order chi connectivity index (χ0) is 16.1. The van der Waals surface area contributed by atoms with E-state index in [0.29, 0.717) is 12.2 Å². The Morgan fingerprint density at radius 2 is 2.09 bits per heavy atom. The molecule has 1 saturated heterocycles. The van der Waals surface area contributed by atoms with Crippen LogP contribution in [0.15, 0.2) is 47.1 Å². The fraction of sp³-hybridized carbons (Fsp3) is 0.250. The van der Waals surface area contributed by atoms with E-state index in [4.69, 9.17) is 4.42 Å². The van der Waals surface area contributed by atoms with Gasteiger partial charge in [0.15, 0.2) is 5.76 Å². The first-order valence-electron chi connectivity index (χ1n) is 7.25. The van der Waals surface area contributed by atoms with Crippen LogP contribution in [0.2, 0.25) is 0 Å². The number of benzene rings is 1. The van der Waals surface area contributed by atoms with Gasteiger partial charge in [-0.25, -0.2) is 0 Å². The number of nitrogens with one attached hydrogen (secondary N) is 3. The summed E-state index contributed by atoms with van der Waals surface area (Å²) in [5.74, 6) is 1.63. The molecule has 1 aromatic carbocycles. The molecular formula is C16H17N3O3S. The van der Waals surface area contributed by atoms with Gasteiger partial charge in [0, 0.05) is 23.9 Å². The van der Waals surface area contributed by atoms with E-state index in [0.717, 1.165) is 17.2 Å². The van der Waals surface area contributed by atoms with Crippen molar-refractivity contribution in [3.05, 3.63) is 54.0 Å². The van der Waals surface area contributed by atoms with Crippen LogP contribution in [-0.2, 0) is 11.3 Å². The summed E-state index contributed by atoms with van der Waals surface area (Å²) in [6.07, 6.45) is 1.46. The van der Waals surface area contributed by atoms with Gasteiger partial charge in [-0.15, -0.1) is 11.8 Å². The number of furan rings is 1. The van der Waals surface area contributed by atoms with E-state index in [2.05, 4.69) is 16.0 Å². The van der Waals surface area contributed by atoms with Gasteiger partial charge in [-0.2, -0.15) is 0 Å². The average Bonchev–Trinajstić information content (AvgIpc) is 3.27. The fourth-order valence-electron chi connectivity index (χ4n) is 2.18. The Morgan fingerprint density at radius 1 is 1.26 bits per heavy atom. The van der Waals surface area contributed by atoms with Gasteiger partial charge in [0.1, 0.15) is 0 Å². The maximum atomic E-state index is 11.9. The van der Waals surface area contributed by atoms with E-state index in [1.54, 1.807) is 36.0 Å². The van der Waals surface area contributed by atoms with Crippen LogP contribution in [0.4, 0.5) is 5.69 Å². The lowest BCUT2D eigenvalue weighted by atomic mass is 10.2. The van der Waals surface area contributed by atoms with E-state index in [1.807, 2.05) is 12.1 Å². The smallest absolute Gasteiger partial charge is 0.291 e. The first kappa shape index (κ1) is 15.6. The molecule has 1 aromatic heterocycles. The Labute approximate surface area is 138 Å². The second-order valence-electron chi connectivity index (χ2n) is 5.12. The van der Waals surface area contributed by atoms with Gasteiger partial charge in [-0.3, -0.25) is 14.9 Å². The van der Waals surface area contributed by atoms with Crippen LogP contribution in [0, 0.1) is 0 Å². The summed E-state index contributed by atoms with van der Waals surface area (Å²) < 4.78 is 5.04. The molecule has 6 nitrogen and oxygen atoms in total. The number of hydrogen-bond acceptors (Lipinski definition) is 5. The third-order valence-electron chi connectivity index (χ3n) is 3.46. The van der Waals surface area contributed by atoms with E-state index in [1.165, 1.54) is 6.26 Å². The molecule has 1 atom stereocenters. The molecule has 0 aliphatic carbocycles. The molecule has 7 heteroatoms. The van der Waals surface area contributed by atoms with Gasteiger partial charge in [0.2, 0.25) is 5.91 Å². The van der Waals surface area contributed by atoms with Crippen LogP contribution in [0.3, 0.4) is 0 Å². The molecule has 2 aromatic rings. The average molecular weight is 331 g/mol. The number of rotatable bonds is 5. The van der Waals surface area contributed by atoms with E-state index < -0.39 is 0 Å². The molecule has 0 saturated carbocycles. The largest absolute Gasteiger partial charge is 0.459 e. The minimum Gasteiger partial charge on any atom is -0.459 e. The molecular weight excluding hydrogens is 314 g/mol. The van der Waals surface area contributed by atoms with Crippen LogP contribution >= 0.6 is 11.8 Å². The van der Waals surface area contributed by atoms with Crippen LogP contribution in [0.25, 0.3) is 0 Å². The van der Waals surface area contributed by atoms with Crippen molar-refractivity contribution >= 4 is 29.3 Å². The van der Waals surface area contributed by atoms with E-state index in [9.17, 15) is 9.59 Å². The first-order valence-corrected chi connectivity index (χ1v) is 8.40. The summed E-state index contributed by atoms with van der Waals surface area (Å²) in [6.45, 7) is 0.466. The van der Waals surface area contributed by atoms with Gasteiger partial charge in [0.05, 0.1) is 12.3 Å². The maximum absolute atomic E-state index is 11.9. The number of carbonyl (C=O) groups is 2. The third kappa shape index (κ3) is 4.14. The Morgan fingerprint density at radius 3 is 2.74 bits per heavy atom. The van der Waals surface area contributed by atoms with Gasteiger partial charge < -0.3 is 15.1 Å². The molecule has 1 fully saturated rings. The first-order chi connectivity index (χ1) is 11.2. The quantitative estimate of drug-likeness (QED) is 0.778. The van der Waals surface area contributed by atoms with Gasteiger partial charge in [-0.05, 0) is 29.8 Å². The zero-order valence-electron chi connectivity index (χ0n) is 12.4. The van der Waals surface area contributed by atoms with Crippen molar-refractivity contribution in [3.63, 3.8) is 0 Å². The second-order valence-corrected chi connectivity index (χ2v) is 6.15. The molecule has 1 unspecified atom stereocenters. The molecule has 3 rings (SSSR count). The number of anilines is 1. The van der Waals surface area contributed by atoms with Crippen molar-refractivity contribution in [3.8, 4) is 0 Å². The summed E-state index contributed by atoms with van der Waals surface area (Å²) in [6, 6.07) is 10.5. The summed E-state index contributed by atoms with van der Waals surface area (Å²) >= 11 is 1.72. The molecule has 2 amide bonds. The predicted octanol–water partition coefficient (Wildman–Crippen LogP) is 1.81. The molecule has 1 aliphatic rings. The number of hydrogen-bond donors (Lipinski definition) is 3. The normalized spacial score (nSPS) is 17.0. The molecule has 3 N–H and O–H groups in total. The molecule has 1 aliphatic heterocycles. The topological polar surface area (TPSA) is 83.4 Å². The third-order valence-corrected chi connectivity index (χ3v) is 4.40. The molecule has 23 heavy (non-hydrogen) atoms. The van der Waals surface area contributed by atoms with Crippen molar-refractivity contribution in [2.24, 2.45) is 0 Å². The highest BCUT2D eigenvalue weighted by Crippen LogP contribution is 2.13. The summed E-state index contributed by atoms with van der Waals surface area (Å²) in [5, 5.41) is 8.79. The van der Waals surface area contributed by atoms with Crippen LogP contribution < -0.4 is 16.0 Å². The number of carbonyl (C=O) groups excluding carboxylic acids is 2.